The predicted octanol–water partition coefficient (Wildman–Crippen LogP) is 0.290. The van der Waals surface area contributed by atoms with Crippen molar-refractivity contribution in [1.29, 1.82) is 0 Å². The van der Waals surface area contributed by atoms with E-state index in [2.05, 4.69) is 0 Å². The molecule has 22 heavy (non-hydrogen) atoms. The van der Waals surface area contributed by atoms with Crippen LogP contribution in [-0.4, -0.2) is 44.3 Å². The van der Waals surface area contributed by atoms with Gasteiger partial charge in [0.05, 0.1) is 17.1 Å². The SMILES string of the molecule is O=C(O)C1=CC(C(=O)O)C2(C(=O)O)C=C(C(=O)O)C=CC2=C1. The Hall–Kier alpha value is -3.16. The van der Waals surface area contributed by atoms with E-state index < -0.39 is 35.2 Å². The monoisotopic (exact) mass is 306 g/mol. The maximum atomic E-state index is 11.7. The van der Waals surface area contributed by atoms with E-state index >= 15 is 0 Å². The number of rotatable bonds is 4. The van der Waals surface area contributed by atoms with Crippen LogP contribution in [0.15, 0.2) is 47.1 Å². The summed E-state index contributed by atoms with van der Waals surface area (Å²) in [4.78, 5) is 45.3. The van der Waals surface area contributed by atoms with Gasteiger partial charge in [-0.1, -0.05) is 12.2 Å². The highest BCUT2D eigenvalue weighted by Gasteiger charge is 2.53. The summed E-state index contributed by atoms with van der Waals surface area (Å²) >= 11 is 0. The van der Waals surface area contributed by atoms with Gasteiger partial charge >= 0.3 is 23.9 Å². The van der Waals surface area contributed by atoms with Gasteiger partial charge in [-0.05, 0) is 23.8 Å². The average molecular weight is 306 g/mol. The third-order valence-corrected chi connectivity index (χ3v) is 3.56. The van der Waals surface area contributed by atoms with Gasteiger partial charge in [0.15, 0.2) is 0 Å². The summed E-state index contributed by atoms with van der Waals surface area (Å²) in [7, 11) is 0. The number of aliphatic carboxylic acids is 4. The van der Waals surface area contributed by atoms with Crippen LogP contribution in [0, 0.1) is 11.3 Å². The number of allylic oxidation sites excluding steroid dienone is 1. The lowest BCUT2D eigenvalue weighted by atomic mass is 9.63. The van der Waals surface area contributed by atoms with E-state index in [4.69, 9.17) is 10.2 Å². The largest absolute Gasteiger partial charge is 0.481 e. The number of hydrogen-bond donors (Lipinski definition) is 4. The van der Waals surface area contributed by atoms with Gasteiger partial charge in [0.1, 0.15) is 5.41 Å². The van der Waals surface area contributed by atoms with Crippen LogP contribution in [0.4, 0.5) is 0 Å². The molecule has 2 aliphatic carbocycles. The summed E-state index contributed by atoms with van der Waals surface area (Å²) in [6.45, 7) is 0. The molecule has 0 aromatic rings. The topological polar surface area (TPSA) is 149 Å². The summed E-state index contributed by atoms with van der Waals surface area (Å²) < 4.78 is 0. The molecule has 2 rings (SSSR count). The van der Waals surface area contributed by atoms with Gasteiger partial charge in [-0.3, -0.25) is 9.59 Å². The van der Waals surface area contributed by atoms with E-state index in [9.17, 15) is 29.4 Å². The third kappa shape index (κ3) is 2.10. The molecule has 2 aliphatic rings. The normalized spacial score (nSPS) is 26.2. The lowest BCUT2D eigenvalue weighted by Gasteiger charge is -2.36. The first-order valence-corrected chi connectivity index (χ1v) is 5.98. The highest BCUT2D eigenvalue weighted by atomic mass is 16.4. The Morgan fingerprint density at radius 1 is 0.909 bits per heavy atom. The summed E-state index contributed by atoms with van der Waals surface area (Å²) in [5, 5.41) is 36.8. The molecular weight excluding hydrogens is 296 g/mol. The molecule has 0 aliphatic heterocycles. The van der Waals surface area contributed by atoms with E-state index in [1.165, 1.54) is 0 Å². The molecule has 8 heteroatoms. The fourth-order valence-electron chi connectivity index (χ4n) is 2.51. The highest BCUT2D eigenvalue weighted by Crippen LogP contribution is 2.46. The lowest BCUT2D eigenvalue weighted by molar-refractivity contribution is -0.154. The first kappa shape index (κ1) is 15.2. The Morgan fingerprint density at radius 3 is 1.95 bits per heavy atom. The Balaban J connectivity index is 2.75. The number of carboxylic acid groups (broad SMARTS) is 4. The van der Waals surface area contributed by atoms with Gasteiger partial charge in [-0.25, -0.2) is 9.59 Å². The van der Waals surface area contributed by atoms with Crippen molar-refractivity contribution >= 4 is 23.9 Å². The number of fused-ring (bicyclic) bond motifs is 1. The standard InChI is InChI=1S/C14H10O8/c15-10(16)6-1-2-8-3-7(11(17)18)4-9(12(19)20)14(8,5-6)13(21)22/h1-5,9H,(H,15,16)(H,17,18)(H,19,20)(H,21,22). The second-order valence-electron chi connectivity index (χ2n) is 4.76. The maximum Gasteiger partial charge on any atom is 0.335 e. The number of carboxylic acids is 4. The first-order valence-electron chi connectivity index (χ1n) is 5.98. The van der Waals surface area contributed by atoms with Crippen molar-refractivity contribution in [2.75, 3.05) is 0 Å². The van der Waals surface area contributed by atoms with Crippen molar-refractivity contribution < 1.29 is 39.6 Å². The molecule has 8 nitrogen and oxygen atoms in total. The van der Waals surface area contributed by atoms with Gasteiger partial charge in [0.2, 0.25) is 0 Å². The second kappa shape index (κ2) is 4.99. The zero-order chi connectivity index (χ0) is 16.7. The Bertz CT molecular complexity index is 709. The smallest absolute Gasteiger partial charge is 0.335 e. The summed E-state index contributed by atoms with van der Waals surface area (Å²) in [6, 6.07) is 0. The van der Waals surface area contributed by atoms with Crippen molar-refractivity contribution in [3.05, 3.63) is 47.1 Å². The third-order valence-electron chi connectivity index (χ3n) is 3.56. The molecule has 0 heterocycles. The Morgan fingerprint density at radius 2 is 1.50 bits per heavy atom. The predicted molar refractivity (Wildman–Crippen MR) is 69.9 cm³/mol. The van der Waals surface area contributed by atoms with Crippen molar-refractivity contribution in [3.8, 4) is 0 Å². The first-order chi connectivity index (χ1) is 10.2. The number of carbonyl (C=O) groups is 4. The molecule has 2 atom stereocenters. The minimum absolute atomic E-state index is 0.0997. The van der Waals surface area contributed by atoms with Crippen LogP contribution in [0.3, 0.4) is 0 Å². The molecule has 0 amide bonds. The average Bonchev–Trinajstić information content (AvgIpc) is 2.44. The van der Waals surface area contributed by atoms with Gasteiger partial charge in [-0.15, -0.1) is 0 Å². The van der Waals surface area contributed by atoms with Crippen molar-refractivity contribution in [3.63, 3.8) is 0 Å². The van der Waals surface area contributed by atoms with E-state index in [-0.39, 0.29) is 16.7 Å². The molecule has 0 radical (unpaired) electrons. The highest BCUT2D eigenvalue weighted by molar-refractivity contribution is 6.00. The zero-order valence-corrected chi connectivity index (χ0v) is 10.9. The fraction of sp³-hybridized carbons (Fsp3) is 0.143. The maximum absolute atomic E-state index is 11.7. The van der Waals surface area contributed by atoms with Gasteiger partial charge in [0, 0.05) is 0 Å². The minimum atomic E-state index is -2.16. The lowest BCUT2D eigenvalue weighted by Crippen LogP contribution is -2.45. The van der Waals surface area contributed by atoms with E-state index in [1.54, 1.807) is 0 Å². The van der Waals surface area contributed by atoms with Crippen LogP contribution in [0.2, 0.25) is 0 Å². The molecule has 114 valence electrons. The summed E-state index contributed by atoms with van der Waals surface area (Å²) in [6.07, 6.45) is 4.87. The molecule has 0 aromatic heterocycles. The molecule has 0 spiro atoms. The van der Waals surface area contributed by atoms with Crippen LogP contribution in [-0.2, 0) is 19.2 Å². The minimum Gasteiger partial charge on any atom is -0.481 e. The molecule has 2 unspecified atom stereocenters. The summed E-state index contributed by atoms with van der Waals surface area (Å²) in [5.41, 5.74) is -3.00. The zero-order valence-electron chi connectivity index (χ0n) is 10.9. The Labute approximate surface area is 123 Å². The van der Waals surface area contributed by atoms with Crippen LogP contribution in [0.5, 0.6) is 0 Å². The van der Waals surface area contributed by atoms with Crippen molar-refractivity contribution in [2.45, 2.75) is 0 Å². The number of hydrogen-bond acceptors (Lipinski definition) is 4. The molecule has 0 fully saturated rings. The molecule has 4 N–H and O–H groups in total. The Kier molecular flexibility index (Phi) is 3.46. The van der Waals surface area contributed by atoms with Crippen molar-refractivity contribution in [2.24, 2.45) is 11.3 Å². The van der Waals surface area contributed by atoms with E-state index in [0.717, 1.165) is 30.4 Å². The van der Waals surface area contributed by atoms with Crippen LogP contribution < -0.4 is 0 Å². The van der Waals surface area contributed by atoms with E-state index in [0.29, 0.717) is 0 Å². The molecular formula is C14H10O8. The van der Waals surface area contributed by atoms with Crippen LogP contribution in [0.1, 0.15) is 0 Å². The summed E-state index contributed by atoms with van der Waals surface area (Å²) in [5.74, 6) is -7.69. The molecule has 0 aromatic carbocycles. The van der Waals surface area contributed by atoms with E-state index in [1.807, 2.05) is 0 Å². The molecule has 0 saturated heterocycles. The second-order valence-corrected chi connectivity index (χ2v) is 4.76. The molecule has 0 saturated carbocycles. The van der Waals surface area contributed by atoms with Crippen molar-refractivity contribution in [1.82, 2.24) is 0 Å². The van der Waals surface area contributed by atoms with Crippen LogP contribution >= 0.6 is 0 Å². The fourth-order valence-corrected chi connectivity index (χ4v) is 2.51. The van der Waals surface area contributed by atoms with Gasteiger partial charge < -0.3 is 20.4 Å². The van der Waals surface area contributed by atoms with Gasteiger partial charge in [-0.2, -0.15) is 0 Å². The molecule has 0 bridgehead atoms. The van der Waals surface area contributed by atoms with Crippen LogP contribution in [0.25, 0.3) is 0 Å². The van der Waals surface area contributed by atoms with Gasteiger partial charge in [0.25, 0.3) is 0 Å². The quantitative estimate of drug-likeness (QED) is 0.579.